The highest BCUT2D eigenvalue weighted by Crippen LogP contribution is 2.23. The number of aryl methyl sites for hydroxylation is 1. The zero-order chi connectivity index (χ0) is 24.2. The van der Waals surface area contributed by atoms with E-state index >= 15 is 0 Å². The lowest BCUT2D eigenvalue weighted by molar-refractivity contribution is -0.121. The molecule has 2 N–H and O–H groups in total. The topological polar surface area (TPSA) is 113 Å². The number of hydrogen-bond donors (Lipinski definition) is 2. The van der Waals surface area contributed by atoms with Gasteiger partial charge in [-0.05, 0) is 67.5 Å². The standard InChI is InChI=1S/C24H31N3O5S2/c28-24(15-8-19-4-11-22(12-5-19)33(29,30)26-21-9-10-21)25-18-20-6-13-23(14-7-20)34(31,32)27-16-2-1-3-17-27/h4-7,11-14,21,26H,1-3,8-10,15-18H2,(H,25,28). The second-order valence-electron chi connectivity index (χ2n) is 8.92. The van der Waals surface area contributed by atoms with Gasteiger partial charge in [-0.15, -0.1) is 0 Å². The van der Waals surface area contributed by atoms with Gasteiger partial charge in [-0.3, -0.25) is 4.79 Å². The van der Waals surface area contributed by atoms with Crippen molar-refractivity contribution in [1.29, 1.82) is 0 Å². The zero-order valence-corrected chi connectivity index (χ0v) is 20.7. The fourth-order valence-electron chi connectivity index (χ4n) is 3.90. The molecule has 2 aromatic rings. The number of hydrogen-bond acceptors (Lipinski definition) is 5. The van der Waals surface area contributed by atoms with E-state index in [1.807, 2.05) is 0 Å². The van der Waals surface area contributed by atoms with E-state index in [-0.39, 0.29) is 28.2 Å². The average Bonchev–Trinajstić information content (AvgIpc) is 3.66. The van der Waals surface area contributed by atoms with Gasteiger partial charge >= 0.3 is 0 Å². The average molecular weight is 506 g/mol. The molecule has 1 amide bonds. The summed E-state index contributed by atoms with van der Waals surface area (Å²) in [5.41, 5.74) is 1.71. The van der Waals surface area contributed by atoms with Crippen molar-refractivity contribution < 1.29 is 21.6 Å². The molecule has 1 saturated carbocycles. The van der Waals surface area contributed by atoms with Crippen LogP contribution < -0.4 is 10.0 Å². The highest BCUT2D eigenvalue weighted by Gasteiger charge is 2.28. The lowest BCUT2D eigenvalue weighted by Gasteiger charge is -2.25. The Labute approximate surface area is 201 Å². The van der Waals surface area contributed by atoms with Crippen molar-refractivity contribution in [3.8, 4) is 0 Å². The highest BCUT2D eigenvalue weighted by atomic mass is 32.2. The molecular weight excluding hydrogens is 474 g/mol. The minimum atomic E-state index is -3.47. The maximum absolute atomic E-state index is 12.7. The molecule has 0 radical (unpaired) electrons. The Kier molecular flexibility index (Phi) is 7.71. The van der Waals surface area contributed by atoms with Crippen molar-refractivity contribution in [2.24, 2.45) is 0 Å². The van der Waals surface area contributed by atoms with Crippen LogP contribution in [0.3, 0.4) is 0 Å². The lowest BCUT2D eigenvalue weighted by Crippen LogP contribution is -2.35. The molecule has 8 nitrogen and oxygen atoms in total. The summed E-state index contributed by atoms with van der Waals surface area (Å²) < 4.78 is 54.1. The maximum Gasteiger partial charge on any atom is 0.243 e. The number of carbonyl (C=O) groups is 1. The molecular formula is C24H31N3O5S2. The van der Waals surface area contributed by atoms with Crippen LogP contribution in [0, 0.1) is 0 Å². The molecule has 1 aliphatic carbocycles. The Morgan fingerprint density at radius 3 is 2.03 bits per heavy atom. The van der Waals surface area contributed by atoms with E-state index in [1.165, 1.54) is 0 Å². The van der Waals surface area contributed by atoms with Crippen molar-refractivity contribution >= 4 is 26.0 Å². The van der Waals surface area contributed by atoms with E-state index in [2.05, 4.69) is 10.0 Å². The highest BCUT2D eigenvalue weighted by molar-refractivity contribution is 7.89. The van der Waals surface area contributed by atoms with Gasteiger partial charge in [-0.2, -0.15) is 4.31 Å². The lowest BCUT2D eigenvalue weighted by atomic mass is 10.1. The first-order valence-electron chi connectivity index (χ1n) is 11.7. The molecule has 10 heteroatoms. The van der Waals surface area contributed by atoms with Crippen LogP contribution in [0.4, 0.5) is 0 Å². The van der Waals surface area contributed by atoms with Gasteiger partial charge in [0.1, 0.15) is 0 Å². The molecule has 0 spiro atoms. The summed E-state index contributed by atoms with van der Waals surface area (Å²) in [7, 11) is -6.93. The Morgan fingerprint density at radius 1 is 0.824 bits per heavy atom. The van der Waals surface area contributed by atoms with Gasteiger partial charge in [0.2, 0.25) is 26.0 Å². The van der Waals surface area contributed by atoms with Crippen molar-refractivity contribution in [2.45, 2.75) is 67.3 Å². The molecule has 1 aliphatic heterocycles. The number of rotatable bonds is 10. The van der Waals surface area contributed by atoms with Gasteiger partial charge in [0.05, 0.1) is 9.79 Å². The molecule has 1 heterocycles. The number of piperidine rings is 1. The second-order valence-corrected chi connectivity index (χ2v) is 12.6. The Hall–Kier alpha value is -2.27. The summed E-state index contributed by atoms with van der Waals surface area (Å²) in [5, 5.41) is 2.85. The summed E-state index contributed by atoms with van der Waals surface area (Å²) >= 11 is 0. The molecule has 0 bridgehead atoms. The van der Waals surface area contributed by atoms with Crippen LogP contribution in [-0.2, 0) is 37.8 Å². The molecule has 1 saturated heterocycles. The van der Waals surface area contributed by atoms with Crippen LogP contribution in [-0.4, -0.2) is 46.2 Å². The van der Waals surface area contributed by atoms with Gasteiger partial charge < -0.3 is 5.32 Å². The summed E-state index contributed by atoms with van der Waals surface area (Å²) in [6.07, 6.45) is 5.38. The van der Waals surface area contributed by atoms with Crippen molar-refractivity contribution in [3.63, 3.8) is 0 Å². The van der Waals surface area contributed by atoms with E-state index in [0.29, 0.717) is 26.1 Å². The van der Waals surface area contributed by atoms with Crippen LogP contribution in [0.25, 0.3) is 0 Å². The number of carbonyl (C=O) groups excluding carboxylic acids is 1. The fraction of sp³-hybridized carbons (Fsp3) is 0.458. The molecule has 2 aromatic carbocycles. The van der Waals surface area contributed by atoms with Crippen LogP contribution in [0.1, 0.15) is 49.7 Å². The second kappa shape index (κ2) is 10.6. The molecule has 0 atom stereocenters. The smallest absolute Gasteiger partial charge is 0.243 e. The van der Waals surface area contributed by atoms with Gasteiger partial charge in [0.25, 0.3) is 0 Å². The summed E-state index contributed by atoms with van der Waals surface area (Å²) in [6.45, 7) is 1.44. The summed E-state index contributed by atoms with van der Waals surface area (Å²) in [5.74, 6) is -0.128. The molecule has 2 aliphatic rings. The van der Waals surface area contributed by atoms with Crippen molar-refractivity contribution in [2.75, 3.05) is 13.1 Å². The first kappa shape index (κ1) is 24.8. The third-order valence-corrected chi connectivity index (χ3v) is 9.59. The van der Waals surface area contributed by atoms with Gasteiger partial charge in [-0.25, -0.2) is 21.6 Å². The van der Waals surface area contributed by atoms with E-state index in [9.17, 15) is 21.6 Å². The quantitative estimate of drug-likeness (QED) is 0.515. The molecule has 34 heavy (non-hydrogen) atoms. The van der Waals surface area contributed by atoms with E-state index in [0.717, 1.165) is 43.2 Å². The third-order valence-electron chi connectivity index (χ3n) is 6.14. The predicted molar refractivity (Wildman–Crippen MR) is 129 cm³/mol. The summed E-state index contributed by atoms with van der Waals surface area (Å²) in [4.78, 5) is 12.8. The van der Waals surface area contributed by atoms with Crippen molar-refractivity contribution in [3.05, 3.63) is 59.7 Å². The number of benzene rings is 2. The van der Waals surface area contributed by atoms with E-state index in [1.54, 1.807) is 52.8 Å². The number of sulfonamides is 2. The molecule has 2 fully saturated rings. The monoisotopic (exact) mass is 505 g/mol. The predicted octanol–water partition coefficient (Wildman–Crippen LogP) is 2.55. The third kappa shape index (κ3) is 6.44. The first-order valence-corrected chi connectivity index (χ1v) is 14.6. The SMILES string of the molecule is O=C(CCc1ccc(S(=O)(=O)NC2CC2)cc1)NCc1ccc(S(=O)(=O)N2CCCCC2)cc1. The maximum atomic E-state index is 12.7. The summed E-state index contributed by atoms with van der Waals surface area (Å²) in [6, 6.07) is 13.3. The van der Waals surface area contributed by atoms with E-state index < -0.39 is 20.0 Å². The zero-order valence-electron chi connectivity index (χ0n) is 19.1. The Balaban J connectivity index is 1.24. The normalized spacial score (nSPS) is 17.4. The van der Waals surface area contributed by atoms with Gasteiger partial charge in [0.15, 0.2) is 0 Å². The van der Waals surface area contributed by atoms with E-state index in [4.69, 9.17) is 0 Å². The van der Waals surface area contributed by atoms with Crippen LogP contribution in [0.15, 0.2) is 58.3 Å². The minimum absolute atomic E-state index is 0.0589. The van der Waals surface area contributed by atoms with Crippen LogP contribution in [0.2, 0.25) is 0 Å². The Bertz CT molecular complexity index is 1200. The number of amides is 1. The van der Waals surface area contributed by atoms with Crippen molar-refractivity contribution in [1.82, 2.24) is 14.3 Å². The fourth-order valence-corrected chi connectivity index (χ4v) is 6.73. The molecule has 184 valence electrons. The van der Waals surface area contributed by atoms with Crippen LogP contribution >= 0.6 is 0 Å². The first-order chi connectivity index (χ1) is 16.2. The largest absolute Gasteiger partial charge is 0.352 e. The van der Waals surface area contributed by atoms with Gasteiger partial charge in [-0.1, -0.05) is 30.7 Å². The van der Waals surface area contributed by atoms with Gasteiger partial charge in [0, 0.05) is 32.1 Å². The number of nitrogens with one attached hydrogen (secondary N) is 2. The molecule has 4 rings (SSSR count). The molecule has 0 unspecified atom stereocenters. The number of nitrogens with zero attached hydrogens (tertiary/aromatic N) is 1. The molecule has 0 aromatic heterocycles. The minimum Gasteiger partial charge on any atom is -0.352 e. The Morgan fingerprint density at radius 2 is 1.41 bits per heavy atom. The van der Waals surface area contributed by atoms with Crippen LogP contribution in [0.5, 0.6) is 0 Å².